The van der Waals surface area contributed by atoms with Crippen molar-refractivity contribution in [3.05, 3.63) is 21.9 Å². The Morgan fingerprint density at radius 2 is 2.05 bits per heavy atom. The summed E-state index contributed by atoms with van der Waals surface area (Å²) in [5.41, 5.74) is 0. The smallest absolute Gasteiger partial charge is 0.239 e. The first-order valence-electron chi connectivity index (χ1n) is 6.77. The first kappa shape index (κ1) is 14.5. The van der Waals surface area contributed by atoms with Gasteiger partial charge in [-0.15, -0.1) is 11.3 Å². The van der Waals surface area contributed by atoms with Gasteiger partial charge in [-0.25, -0.2) is 0 Å². The first-order valence-corrected chi connectivity index (χ1v) is 7.58. The number of carbonyl (C=O) groups is 1. The molecule has 1 fully saturated rings. The Morgan fingerprint density at radius 3 is 2.63 bits per heavy atom. The van der Waals surface area contributed by atoms with Gasteiger partial charge in [0.1, 0.15) is 0 Å². The number of nitrogens with one attached hydrogen (secondary N) is 1. The molecule has 5 heteroatoms. The van der Waals surface area contributed by atoms with E-state index in [4.69, 9.17) is 4.74 Å². The average molecular weight is 282 g/mol. The lowest BCUT2D eigenvalue weighted by Crippen LogP contribution is -2.49. The van der Waals surface area contributed by atoms with E-state index >= 15 is 0 Å². The molecule has 1 aliphatic rings. The van der Waals surface area contributed by atoms with E-state index in [1.165, 1.54) is 9.75 Å². The molecule has 106 valence electrons. The Bertz CT molecular complexity index is 427. The van der Waals surface area contributed by atoms with Crippen molar-refractivity contribution >= 4 is 17.2 Å². The van der Waals surface area contributed by atoms with Crippen molar-refractivity contribution in [2.24, 2.45) is 0 Å². The van der Waals surface area contributed by atoms with Gasteiger partial charge in [0.05, 0.1) is 19.3 Å². The molecule has 4 nitrogen and oxygen atoms in total. The summed E-state index contributed by atoms with van der Waals surface area (Å²) in [5.74, 6) is 0.170. The number of rotatable bonds is 4. The molecule has 0 saturated carbocycles. The molecule has 0 radical (unpaired) electrons. The van der Waals surface area contributed by atoms with Gasteiger partial charge in [0.25, 0.3) is 0 Å². The molecule has 19 heavy (non-hydrogen) atoms. The highest BCUT2D eigenvalue weighted by molar-refractivity contribution is 7.12. The topological polar surface area (TPSA) is 41.6 Å². The molecule has 0 bridgehead atoms. The Morgan fingerprint density at radius 1 is 1.37 bits per heavy atom. The third-order valence-electron chi connectivity index (χ3n) is 3.38. The summed E-state index contributed by atoms with van der Waals surface area (Å²) in [6.07, 6.45) is 0. The molecule has 1 aromatic heterocycles. The van der Waals surface area contributed by atoms with E-state index in [0.717, 1.165) is 0 Å². The average Bonchev–Trinajstić information content (AvgIpc) is 2.85. The van der Waals surface area contributed by atoms with Crippen LogP contribution in [0.3, 0.4) is 0 Å². The van der Waals surface area contributed by atoms with Gasteiger partial charge in [0.15, 0.2) is 0 Å². The van der Waals surface area contributed by atoms with Crippen molar-refractivity contribution in [1.29, 1.82) is 0 Å². The lowest BCUT2D eigenvalue weighted by Gasteiger charge is -2.30. The molecule has 0 aromatic carbocycles. The maximum atomic E-state index is 12.3. The van der Waals surface area contributed by atoms with Crippen LogP contribution in [0.4, 0.5) is 0 Å². The third kappa shape index (κ3) is 3.78. The predicted molar refractivity (Wildman–Crippen MR) is 77.5 cm³/mol. The molecule has 0 spiro atoms. The Balaban J connectivity index is 1.89. The van der Waals surface area contributed by atoms with E-state index < -0.39 is 0 Å². The van der Waals surface area contributed by atoms with Gasteiger partial charge in [-0.2, -0.15) is 0 Å². The van der Waals surface area contributed by atoms with Crippen molar-refractivity contribution in [3.8, 4) is 0 Å². The fourth-order valence-corrected chi connectivity index (χ4v) is 3.16. The number of hydrogen-bond acceptors (Lipinski definition) is 4. The van der Waals surface area contributed by atoms with Crippen LogP contribution in [-0.4, -0.2) is 43.2 Å². The fourth-order valence-electron chi connectivity index (χ4n) is 2.27. The number of amides is 1. The lowest BCUT2D eigenvalue weighted by atomic mass is 10.2. The molecule has 1 saturated heterocycles. The minimum atomic E-state index is -0.157. The van der Waals surface area contributed by atoms with Crippen LogP contribution in [0, 0.1) is 6.92 Å². The SMILES string of the molecule is Cc1ccc(C(C)NC(C)C(=O)N2CCOCC2)s1. The Labute approximate surface area is 118 Å². The van der Waals surface area contributed by atoms with E-state index in [2.05, 4.69) is 31.3 Å². The molecule has 2 atom stereocenters. The van der Waals surface area contributed by atoms with Crippen LogP contribution in [0.5, 0.6) is 0 Å². The van der Waals surface area contributed by atoms with Crippen molar-refractivity contribution in [1.82, 2.24) is 10.2 Å². The summed E-state index contributed by atoms with van der Waals surface area (Å²) in [5, 5.41) is 3.38. The number of morpholine rings is 1. The second-order valence-electron chi connectivity index (χ2n) is 5.00. The second-order valence-corrected chi connectivity index (χ2v) is 6.32. The molecule has 1 amide bonds. The van der Waals surface area contributed by atoms with Gasteiger partial charge in [-0.05, 0) is 32.9 Å². The highest BCUT2D eigenvalue weighted by atomic mass is 32.1. The zero-order valence-electron chi connectivity index (χ0n) is 11.8. The summed E-state index contributed by atoms with van der Waals surface area (Å²) in [4.78, 5) is 16.7. The highest BCUT2D eigenvalue weighted by Gasteiger charge is 2.23. The van der Waals surface area contributed by atoms with Gasteiger partial charge in [0, 0.05) is 28.9 Å². The third-order valence-corrected chi connectivity index (χ3v) is 4.56. The van der Waals surface area contributed by atoms with E-state index in [9.17, 15) is 4.79 Å². The molecule has 1 aromatic rings. The summed E-state index contributed by atoms with van der Waals surface area (Å²) in [7, 11) is 0. The zero-order chi connectivity index (χ0) is 13.8. The summed E-state index contributed by atoms with van der Waals surface area (Å²) < 4.78 is 5.27. The van der Waals surface area contributed by atoms with Gasteiger partial charge in [-0.3, -0.25) is 10.1 Å². The first-order chi connectivity index (χ1) is 9.08. The van der Waals surface area contributed by atoms with Crippen LogP contribution in [0.2, 0.25) is 0 Å². The molecular formula is C14H22N2O2S. The van der Waals surface area contributed by atoms with Crippen LogP contribution in [0.25, 0.3) is 0 Å². The van der Waals surface area contributed by atoms with E-state index in [0.29, 0.717) is 26.3 Å². The largest absolute Gasteiger partial charge is 0.378 e. The monoisotopic (exact) mass is 282 g/mol. The quantitative estimate of drug-likeness (QED) is 0.918. The van der Waals surface area contributed by atoms with E-state index in [1.54, 1.807) is 11.3 Å². The number of aryl methyl sites for hydroxylation is 1. The maximum Gasteiger partial charge on any atom is 0.239 e. The van der Waals surface area contributed by atoms with Crippen molar-refractivity contribution in [2.45, 2.75) is 32.9 Å². The normalized spacial score (nSPS) is 19.2. The molecule has 2 heterocycles. The molecule has 1 aliphatic heterocycles. The van der Waals surface area contributed by atoms with Crippen LogP contribution >= 0.6 is 11.3 Å². The van der Waals surface area contributed by atoms with Crippen molar-refractivity contribution in [2.75, 3.05) is 26.3 Å². The van der Waals surface area contributed by atoms with Crippen LogP contribution in [0.1, 0.15) is 29.6 Å². The van der Waals surface area contributed by atoms with Crippen LogP contribution in [0.15, 0.2) is 12.1 Å². The van der Waals surface area contributed by atoms with Gasteiger partial charge < -0.3 is 9.64 Å². The fraction of sp³-hybridized carbons (Fsp3) is 0.643. The standard InChI is InChI=1S/C14H22N2O2S/c1-10-4-5-13(19-10)11(2)15-12(3)14(17)16-6-8-18-9-7-16/h4-5,11-12,15H,6-9H2,1-3H3. The molecule has 2 unspecified atom stereocenters. The van der Waals surface area contributed by atoms with Crippen molar-refractivity contribution in [3.63, 3.8) is 0 Å². The predicted octanol–water partition coefficient (Wildman–Crippen LogP) is 1.95. The zero-order valence-corrected chi connectivity index (χ0v) is 12.6. The summed E-state index contributed by atoms with van der Waals surface area (Å²) in [6.45, 7) is 8.86. The van der Waals surface area contributed by atoms with Gasteiger partial charge >= 0.3 is 0 Å². The number of nitrogens with zero attached hydrogens (tertiary/aromatic N) is 1. The summed E-state index contributed by atoms with van der Waals surface area (Å²) >= 11 is 1.78. The second kappa shape index (κ2) is 6.50. The van der Waals surface area contributed by atoms with Gasteiger partial charge in [-0.1, -0.05) is 0 Å². The van der Waals surface area contributed by atoms with Gasteiger partial charge in [0.2, 0.25) is 5.91 Å². The number of ether oxygens (including phenoxy) is 1. The molecule has 1 N–H and O–H groups in total. The van der Waals surface area contributed by atoms with E-state index in [1.807, 2.05) is 11.8 Å². The van der Waals surface area contributed by atoms with Crippen molar-refractivity contribution < 1.29 is 9.53 Å². The molecule has 0 aliphatic carbocycles. The van der Waals surface area contributed by atoms with Crippen LogP contribution < -0.4 is 5.32 Å². The van der Waals surface area contributed by atoms with E-state index in [-0.39, 0.29) is 18.0 Å². The molecular weight excluding hydrogens is 260 g/mol. The minimum absolute atomic E-state index is 0.157. The minimum Gasteiger partial charge on any atom is -0.378 e. The number of carbonyl (C=O) groups excluding carboxylic acids is 1. The molecule has 2 rings (SSSR count). The lowest BCUT2D eigenvalue weighted by molar-refractivity contribution is -0.137. The van der Waals surface area contributed by atoms with Crippen LogP contribution in [-0.2, 0) is 9.53 Å². The highest BCUT2D eigenvalue weighted by Crippen LogP contribution is 2.22. The Hall–Kier alpha value is -0.910. The number of hydrogen-bond donors (Lipinski definition) is 1. The Kier molecular flexibility index (Phi) is 4.96. The maximum absolute atomic E-state index is 12.3. The summed E-state index contributed by atoms with van der Waals surface area (Å²) in [6, 6.07) is 4.30. The number of thiophene rings is 1.